The lowest BCUT2D eigenvalue weighted by atomic mass is 9.90. The first-order valence-electron chi connectivity index (χ1n) is 4.45. The molecule has 0 radical (unpaired) electrons. The summed E-state index contributed by atoms with van der Waals surface area (Å²) in [6.07, 6.45) is 1.64. The van der Waals surface area contributed by atoms with Crippen LogP contribution in [-0.2, 0) is 6.42 Å². The fraction of sp³-hybridized carbons (Fsp3) is 0.556. The number of hydrogen-bond donors (Lipinski definition) is 0. The monoisotopic (exact) mass is 229 g/mol. The molecule has 0 fully saturated rings. The zero-order chi connectivity index (χ0) is 11.6. The SMILES string of the molecule is CC(C)(C)Cc1nc(Cl)ncc1[N+](=O)[O-]. The van der Waals surface area contributed by atoms with E-state index in [-0.39, 0.29) is 16.4 Å². The van der Waals surface area contributed by atoms with Crippen LogP contribution < -0.4 is 0 Å². The molecule has 0 saturated heterocycles. The van der Waals surface area contributed by atoms with Crippen LogP contribution in [0.2, 0.25) is 5.28 Å². The van der Waals surface area contributed by atoms with E-state index in [0.29, 0.717) is 12.1 Å². The van der Waals surface area contributed by atoms with Crippen LogP contribution in [0.15, 0.2) is 6.20 Å². The highest BCUT2D eigenvalue weighted by molar-refractivity contribution is 6.28. The first-order valence-corrected chi connectivity index (χ1v) is 4.83. The van der Waals surface area contributed by atoms with Crippen LogP contribution in [0.4, 0.5) is 5.69 Å². The molecule has 0 saturated carbocycles. The highest BCUT2D eigenvalue weighted by Crippen LogP contribution is 2.25. The average molecular weight is 230 g/mol. The molecule has 5 nitrogen and oxygen atoms in total. The molecule has 0 aliphatic carbocycles. The van der Waals surface area contributed by atoms with E-state index in [1.165, 1.54) is 0 Å². The lowest BCUT2D eigenvalue weighted by molar-refractivity contribution is -0.386. The lowest BCUT2D eigenvalue weighted by Gasteiger charge is -2.16. The Morgan fingerprint density at radius 1 is 1.53 bits per heavy atom. The molecule has 0 aromatic carbocycles. The summed E-state index contributed by atoms with van der Waals surface area (Å²) in [5, 5.41) is 10.7. The summed E-state index contributed by atoms with van der Waals surface area (Å²) in [5.41, 5.74) is 0.226. The summed E-state index contributed by atoms with van der Waals surface area (Å²) >= 11 is 5.61. The Hall–Kier alpha value is -1.23. The van der Waals surface area contributed by atoms with Crippen molar-refractivity contribution in [2.24, 2.45) is 5.41 Å². The van der Waals surface area contributed by atoms with Gasteiger partial charge < -0.3 is 0 Å². The van der Waals surface area contributed by atoms with E-state index >= 15 is 0 Å². The smallest absolute Gasteiger partial charge is 0.258 e. The topological polar surface area (TPSA) is 68.9 Å². The predicted molar refractivity (Wildman–Crippen MR) is 56.9 cm³/mol. The van der Waals surface area contributed by atoms with E-state index in [1.54, 1.807) is 0 Å². The summed E-state index contributed by atoms with van der Waals surface area (Å²) in [7, 11) is 0. The number of aromatic nitrogens is 2. The van der Waals surface area contributed by atoms with Crippen molar-refractivity contribution in [3.05, 3.63) is 27.3 Å². The van der Waals surface area contributed by atoms with Gasteiger partial charge in [-0.05, 0) is 17.0 Å². The van der Waals surface area contributed by atoms with Crippen molar-refractivity contribution in [2.75, 3.05) is 0 Å². The molecule has 1 heterocycles. The van der Waals surface area contributed by atoms with Crippen LogP contribution >= 0.6 is 11.6 Å². The molecule has 0 spiro atoms. The normalized spacial score (nSPS) is 11.5. The Bertz CT molecular complexity index is 387. The van der Waals surface area contributed by atoms with Crippen molar-refractivity contribution in [2.45, 2.75) is 27.2 Å². The maximum Gasteiger partial charge on any atom is 0.308 e. The molecule has 0 amide bonds. The second-order valence-electron chi connectivity index (χ2n) is 4.47. The third kappa shape index (κ3) is 3.43. The largest absolute Gasteiger partial charge is 0.308 e. The lowest BCUT2D eigenvalue weighted by Crippen LogP contribution is -2.12. The quantitative estimate of drug-likeness (QED) is 0.444. The van der Waals surface area contributed by atoms with Crippen molar-refractivity contribution < 1.29 is 4.92 Å². The predicted octanol–water partition coefficient (Wildman–Crippen LogP) is 2.63. The summed E-state index contributed by atoms with van der Waals surface area (Å²) in [6, 6.07) is 0. The van der Waals surface area contributed by atoms with Crippen molar-refractivity contribution in [1.29, 1.82) is 0 Å². The second kappa shape index (κ2) is 4.10. The van der Waals surface area contributed by atoms with Gasteiger partial charge in [0.15, 0.2) is 0 Å². The summed E-state index contributed by atoms with van der Waals surface area (Å²) in [4.78, 5) is 17.7. The van der Waals surface area contributed by atoms with Gasteiger partial charge in [0.1, 0.15) is 11.9 Å². The van der Waals surface area contributed by atoms with Gasteiger partial charge in [0.2, 0.25) is 5.28 Å². The van der Waals surface area contributed by atoms with Gasteiger partial charge in [0.25, 0.3) is 0 Å². The van der Waals surface area contributed by atoms with Crippen LogP contribution in [0.1, 0.15) is 26.5 Å². The Morgan fingerprint density at radius 3 is 2.60 bits per heavy atom. The van der Waals surface area contributed by atoms with Gasteiger partial charge in [0, 0.05) is 6.42 Å². The second-order valence-corrected chi connectivity index (χ2v) is 4.80. The van der Waals surface area contributed by atoms with Gasteiger partial charge in [-0.2, -0.15) is 0 Å². The molecule has 0 aliphatic heterocycles. The van der Waals surface area contributed by atoms with Gasteiger partial charge in [-0.1, -0.05) is 20.8 Å². The third-order valence-electron chi connectivity index (χ3n) is 1.71. The summed E-state index contributed by atoms with van der Waals surface area (Å²) < 4.78 is 0. The molecule has 1 aromatic rings. The zero-order valence-electron chi connectivity index (χ0n) is 8.82. The van der Waals surface area contributed by atoms with Gasteiger partial charge in [0.05, 0.1) is 4.92 Å². The van der Waals surface area contributed by atoms with E-state index in [2.05, 4.69) is 9.97 Å². The number of halogens is 1. The van der Waals surface area contributed by atoms with E-state index in [4.69, 9.17) is 11.6 Å². The van der Waals surface area contributed by atoms with Crippen LogP contribution in [0, 0.1) is 15.5 Å². The molecule has 0 N–H and O–H groups in total. The Kier molecular flexibility index (Phi) is 3.24. The third-order valence-corrected chi connectivity index (χ3v) is 1.89. The van der Waals surface area contributed by atoms with Crippen molar-refractivity contribution >= 4 is 17.3 Å². The fourth-order valence-electron chi connectivity index (χ4n) is 1.17. The van der Waals surface area contributed by atoms with Crippen molar-refractivity contribution in [3.8, 4) is 0 Å². The first kappa shape index (κ1) is 11.8. The Balaban J connectivity index is 3.13. The first-order chi connectivity index (χ1) is 6.79. The average Bonchev–Trinajstić information content (AvgIpc) is 1.99. The summed E-state index contributed by atoms with van der Waals surface area (Å²) in [5.74, 6) is 0. The standard InChI is InChI=1S/C9H12ClN3O2/c1-9(2,3)4-6-7(13(14)15)5-11-8(10)12-6/h5H,4H2,1-3H3. The number of hydrogen-bond acceptors (Lipinski definition) is 4. The van der Waals surface area contributed by atoms with Crippen molar-refractivity contribution in [3.63, 3.8) is 0 Å². The van der Waals surface area contributed by atoms with E-state index < -0.39 is 4.92 Å². The molecule has 0 atom stereocenters. The summed E-state index contributed by atoms with van der Waals surface area (Å²) in [6.45, 7) is 5.94. The molecule has 0 bridgehead atoms. The molecular formula is C9H12ClN3O2. The van der Waals surface area contributed by atoms with Crippen LogP contribution in [-0.4, -0.2) is 14.9 Å². The number of nitrogens with zero attached hydrogens (tertiary/aromatic N) is 3. The molecule has 0 unspecified atom stereocenters. The van der Waals surface area contributed by atoms with Gasteiger partial charge in [-0.3, -0.25) is 10.1 Å². The minimum Gasteiger partial charge on any atom is -0.258 e. The highest BCUT2D eigenvalue weighted by atomic mass is 35.5. The Morgan fingerprint density at radius 2 is 2.13 bits per heavy atom. The van der Waals surface area contributed by atoms with Gasteiger partial charge in [-0.25, -0.2) is 9.97 Å². The molecule has 1 rings (SSSR count). The van der Waals surface area contributed by atoms with Gasteiger partial charge >= 0.3 is 5.69 Å². The maximum atomic E-state index is 10.7. The molecule has 1 aromatic heterocycles. The highest BCUT2D eigenvalue weighted by Gasteiger charge is 2.22. The minimum absolute atomic E-state index is 0.0415. The molecular weight excluding hydrogens is 218 g/mol. The number of rotatable bonds is 2. The van der Waals surface area contributed by atoms with Crippen LogP contribution in [0.3, 0.4) is 0 Å². The fourth-order valence-corrected chi connectivity index (χ4v) is 1.32. The van der Waals surface area contributed by atoms with Crippen LogP contribution in [0.25, 0.3) is 0 Å². The van der Waals surface area contributed by atoms with Gasteiger partial charge in [-0.15, -0.1) is 0 Å². The molecule has 82 valence electrons. The van der Waals surface area contributed by atoms with Crippen molar-refractivity contribution in [1.82, 2.24) is 9.97 Å². The minimum atomic E-state index is -0.489. The zero-order valence-corrected chi connectivity index (χ0v) is 9.58. The van der Waals surface area contributed by atoms with E-state index in [1.807, 2.05) is 20.8 Å². The molecule has 0 aliphatic rings. The van der Waals surface area contributed by atoms with E-state index in [9.17, 15) is 10.1 Å². The van der Waals surface area contributed by atoms with E-state index in [0.717, 1.165) is 6.20 Å². The molecule has 6 heteroatoms. The maximum absolute atomic E-state index is 10.7. The number of nitro groups is 1. The van der Waals surface area contributed by atoms with Crippen LogP contribution in [0.5, 0.6) is 0 Å². The Labute approximate surface area is 92.7 Å². The molecule has 15 heavy (non-hydrogen) atoms.